The molecule has 0 spiro atoms. The highest BCUT2D eigenvalue weighted by molar-refractivity contribution is 5.82. The van der Waals surface area contributed by atoms with E-state index in [2.05, 4.69) is 6.92 Å². The summed E-state index contributed by atoms with van der Waals surface area (Å²) in [5.74, 6) is -0.231. The minimum Gasteiger partial charge on any atom is -0.393 e. The van der Waals surface area contributed by atoms with Gasteiger partial charge in [0.1, 0.15) is 6.10 Å². The van der Waals surface area contributed by atoms with Crippen molar-refractivity contribution in [2.75, 3.05) is 6.61 Å². The molecule has 1 unspecified atom stereocenters. The van der Waals surface area contributed by atoms with E-state index in [4.69, 9.17) is 10.2 Å². The average molecular weight is 216 g/mol. The number of rotatable bonds is 10. The highest BCUT2D eigenvalue weighted by Crippen LogP contribution is 2.09. The Morgan fingerprint density at radius 2 is 1.60 bits per heavy atom. The van der Waals surface area contributed by atoms with Gasteiger partial charge in [0.15, 0.2) is 5.78 Å². The van der Waals surface area contributed by atoms with Crippen molar-refractivity contribution in [3.63, 3.8) is 0 Å². The van der Waals surface area contributed by atoms with Crippen LogP contribution in [0.15, 0.2) is 0 Å². The van der Waals surface area contributed by atoms with Crippen molar-refractivity contribution in [3.05, 3.63) is 0 Å². The Bertz CT molecular complexity index is 157. The third-order valence-corrected chi connectivity index (χ3v) is 2.57. The van der Waals surface area contributed by atoms with Gasteiger partial charge in [-0.05, 0) is 6.42 Å². The van der Waals surface area contributed by atoms with Crippen LogP contribution in [-0.4, -0.2) is 28.7 Å². The van der Waals surface area contributed by atoms with Crippen LogP contribution in [-0.2, 0) is 4.79 Å². The second-order valence-electron chi connectivity index (χ2n) is 4.04. The maximum atomic E-state index is 11.1. The molecule has 0 saturated carbocycles. The van der Waals surface area contributed by atoms with Gasteiger partial charge in [-0.15, -0.1) is 0 Å². The predicted molar refractivity (Wildman–Crippen MR) is 60.7 cm³/mol. The number of aliphatic hydroxyl groups is 2. The highest BCUT2D eigenvalue weighted by atomic mass is 16.3. The molecule has 0 radical (unpaired) electrons. The molecular formula is C12H24O3. The van der Waals surface area contributed by atoms with Gasteiger partial charge in [0.2, 0.25) is 0 Å². The fraction of sp³-hybridized carbons (Fsp3) is 0.917. The van der Waals surface area contributed by atoms with E-state index in [1.165, 1.54) is 32.1 Å². The molecule has 15 heavy (non-hydrogen) atoms. The van der Waals surface area contributed by atoms with Crippen LogP contribution in [0, 0.1) is 0 Å². The van der Waals surface area contributed by atoms with Gasteiger partial charge in [-0.1, -0.05) is 45.4 Å². The summed E-state index contributed by atoms with van der Waals surface area (Å²) in [6.07, 6.45) is 7.36. The summed E-state index contributed by atoms with van der Waals surface area (Å²) in [6, 6.07) is 0. The van der Waals surface area contributed by atoms with Crippen LogP contribution in [0.25, 0.3) is 0 Å². The molecule has 2 N–H and O–H groups in total. The van der Waals surface area contributed by atoms with E-state index >= 15 is 0 Å². The summed E-state index contributed by atoms with van der Waals surface area (Å²) in [6.45, 7) is 1.74. The lowest BCUT2D eigenvalue weighted by Gasteiger charge is -2.05. The lowest BCUT2D eigenvalue weighted by atomic mass is 10.1. The number of unbranched alkanes of at least 4 members (excludes halogenated alkanes) is 6. The second kappa shape index (κ2) is 10.1. The number of aliphatic hydroxyl groups excluding tert-OH is 2. The number of hydrogen-bond donors (Lipinski definition) is 2. The third-order valence-electron chi connectivity index (χ3n) is 2.57. The van der Waals surface area contributed by atoms with Crippen molar-refractivity contribution in [2.24, 2.45) is 0 Å². The zero-order valence-electron chi connectivity index (χ0n) is 9.74. The Morgan fingerprint density at radius 3 is 2.13 bits per heavy atom. The van der Waals surface area contributed by atoms with Crippen molar-refractivity contribution in [1.82, 2.24) is 0 Å². The van der Waals surface area contributed by atoms with Crippen LogP contribution in [0.2, 0.25) is 0 Å². The first kappa shape index (κ1) is 14.6. The Balaban J connectivity index is 3.20. The number of carbonyl (C=O) groups is 1. The fourth-order valence-corrected chi connectivity index (χ4v) is 1.52. The standard InChI is InChI=1S/C12H24O3/c1-2-3-4-5-6-7-8-9-11(14)12(15)10-13/h12-13,15H,2-10H2,1H3. The van der Waals surface area contributed by atoms with Crippen LogP contribution < -0.4 is 0 Å². The lowest BCUT2D eigenvalue weighted by Crippen LogP contribution is -2.23. The summed E-state index contributed by atoms with van der Waals surface area (Å²) < 4.78 is 0. The Morgan fingerprint density at radius 1 is 1.07 bits per heavy atom. The normalized spacial score (nSPS) is 12.7. The number of carbonyl (C=O) groups excluding carboxylic acids is 1. The molecule has 0 aromatic carbocycles. The molecule has 0 aliphatic carbocycles. The van der Waals surface area contributed by atoms with E-state index in [-0.39, 0.29) is 5.78 Å². The first-order chi connectivity index (χ1) is 7.22. The lowest BCUT2D eigenvalue weighted by molar-refractivity contribution is -0.129. The number of Topliss-reactive ketones (excluding diaryl/α,β-unsaturated/α-hetero) is 1. The van der Waals surface area contributed by atoms with Crippen LogP contribution in [0.1, 0.15) is 58.3 Å². The van der Waals surface area contributed by atoms with Gasteiger partial charge in [0.05, 0.1) is 6.61 Å². The van der Waals surface area contributed by atoms with Gasteiger partial charge in [-0.2, -0.15) is 0 Å². The van der Waals surface area contributed by atoms with E-state index < -0.39 is 12.7 Å². The average Bonchev–Trinajstić information content (AvgIpc) is 2.26. The van der Waals surface area contributed by atoms with Crippen LogP contribution in [0.3, 0.4) is 0 Å². The Hall–Kier alpha value is -0.410. The van der Waals surface area contributed by atoms with E-state index in [9.17, 15) is 4.79 Å². The molecule has 0 amide bonds. The van der Waals surface area contributed by atoms with E-state index in [0.717, 1.165) is 12.8 Å². The van der Waals surface area contributed by atoms with E-state index in [0.29, 0.717) is 6.42 Å². The molecule has 0 aromatic rings. The van der Waals surface area contributed by atoms with E-state index in [1.807, 2.05) is 0 Å². The smallest absolute Gasteiger partial charge is 0.163 e. The minimum absolute atomic E-state index is 0.231. The zero-order chi connectivity index (χ0) is 11.5. The number of hydrogen-bond acceptors (Lipinski definition) is 3. The maximum absolute atomic E-state index is 11.1. The largest absolute Gasteiger partial charge is 0.393 e. The third kappa shape index (κ3) is 8.58. The monoisotopic (exact) mass is 216 g/mol. The quantitative estimate of drug-likeness (QED) is 0.549. The summed E-state index contributed by atoms with van der Waals surface area (Å²) in [4.78, 5) is 11.1. The SMILES string of the molecule is CCCCCCCCCC(=O)C(O)CO. The van der Waals surface area contributed by atoms with Crippen molar-refractivity contribution in [1.29, 1.82) is 0 Å². The van der Waals surface area contributed by atoms with Crippen molar-refractivity contribution < 1.29 is 15.0 Å². The second-order valence-corrected chi connectivity index (χ2v) is 4.04. The number of ketones is 1. The molecule has 3 nitrogen and oxygen atoms in total. The van der Waals surface area contributed by atoms with Crippen molar-refractivity contribution >= 4 is 5.78 Å². The molecule has 0 saturated heterocycles. The van der Waals surface area contributed by atoms with E-state index in [1.54, 1.807) is 0 Å². The van der Waals surface area contributed by atoms with Gasteiger partial charge in [-0.3, -0.25) is 4.79 Å². The molecular weight excluding hydrogens is 192 g/mol. The molecule has 0 bridgehead atoms. The molecule has 0 aliphatic rings. The van der Waals surface area contributed by atoms with Crippen LogP contribution in [0.4, 0.5) is 0 Å². The summed E-state index contributed by atoms with van der Waals surface area (Å²) in [5.41, 5.74) is 0. The highest BCUT2D eigenvalue weighted by Gasteiger charge is 2.12. The van der Waals surface area contributed by atoms with Gasteiger partial charge in [0.25, 0.3) is 0 Å². The Labute approximate surface area is 92.5 Å². The molecule has 0 fully saturated rings. The fourth-order valence-electron chi connectivity index (χ4n) is 1.52. The van der Waals surface area contributed by atoms with Gasteiger partial charge < -0.3 is 10.2 Å². The molecule has 90 valence electrons. The maximum Gasteiger partial charge on any atom is 0.163 e. The van der Waals surface area contributed by atoms with Crippen LogP contribution >= 0.6 is 0 Å². The van der Waals surface area contributed by atoms with Crippen molar-refractivity contribution in [2.45, 2.75) is 64.4 Å². The molecule has 0 aromatic heterocycles. The predicted octanol–water partition coefficient (Wildman–Crippen LogP) is 2.05. The summed E-state index contributed by atoms with van der Waals surface area (Å²) >= 11 is 0. The molecule has 3 heteroatoms. The molecule has 0 aliphatic heterocycles. The molecule has 1 atom stereocenters. The minimum atomic E-state index is -1.16. The topological polar surface area (TPSA) is 57.5 Å². The van der Waals surface area contributed by atoms with Gasteiger partial charge in [-0.25, -0.2) is 0 Å². The van der Waals surface area contributed by atoms with Crippen LogP contribution in [0.5, 0.6) is 0 Å². The summed E-state index contributed by atoms with van der Waals surface area (Å²) in [7, 11) is 0. The van der Waals surface area contributed by atoms with Gasteiger partial charge >= 0.3 is 0 Å². The zero-order valence-corrected chi connectivity index (χ0v) is 9.74. The van der Waals surface area contributed by atoms with Gasteiger partial charge in [0, 0.05) is 6.42 Å². The molecule has 0 heterocycles. The first-order valence-electron chi connectivity index (χ1n) is 6.04. The Kier molecular flexibility index (Phi) is 9.84. The summed E-state index contributed by atoms with van der Waals surface area (Å²) in [5, 5.41) is 17.5. The molecule has 0 rings (SSSR count). The van der Waals surface area contributed by atoms with Crippen molar-refractivity contribution in [3.8, 4) is 0 Å². The first-order valence-corrected chi connectivity index (χ1v) is 6.04.